The molecule has 5 nitrogen and oxygen atoms in total. The van der Waals surface area contributed by atoms with Crippen molar-refractivity contribution in [3.05, 3.63) is 64.1 Å². The number of oxazole rings is 1. The van der Waals surface area contributed by atoms with Crippen LogP contribution in [-0.2, 0) is 6.67 Å². The van der Waals surface area contributed by atoms with Crippen molar-refractivity contribution in [1.29, 1.82) is 0 Å². The number of quaternary nitrogens is 1. The van der Waals surface area contributed by atoms with Gasteiger partial charge >= 0.3 is 5.76 Å². The number of para-hydroxylation sites is 3. The maximum atomic E-state index is 12.4. The van der Waals surface area contributed by atoms with Crippen LogP contribution in [0.25, 0.3) is 21.3 Å². The number of nitrogens with one attached hydrogen (secondary N) is 1. The standard InChI is InChI=1S/C20H19N3O2S/c24-20-23(15-8-2-3-10-17(15)25-20)13-22-12-6-5-9-16(22)19-21-14-7-1-4-11-18(14)26-19/h1-4,7-8,10-11,16H,5-6,9,12-13H2/p+1/t16-/m1/s1. The fourth-order valence-electron chi connectivity index (χ4n) is 3.97. The maximum absolute atomic E-state index is 12.4. The van der Waals surface area contributed by atoms with Crippen molar-refractivity contribution in [2.24, 2.45) is 0 Å². The van der Waals surface area contributed by atoms with Gasteiger partial charge < -0.3 is 9.32 Å². The van der Waals surface area contributed by atoms with Crippen LogP contribution in [0.4, 0.5) is 0 Å². The summed E-state index contributed by atoms with van der Waals surface area (Å²) in [6.45, 7) is 1.67. The topological polar surface area (TPSA) is 52.5 Å². The summed E-state index contributed by atoms with van der Waals surface area (Å²) >= 11 is 1.79. The zero-order chi connectivity index (χ0) is 17.5. The molecule has 0 radical (unpaired) electrons. The third-order valence-corrected chi connectivity index (χ3v) is 6.43. The molecular weight excluding hydrogens is 346 g/mol. The monoisotopic (exact) mass is 366 g/mol. The number of hydrogen-bond acceptors (Lipinski definition) is 4. The minimum atomic E-state index is -0.271. The lowest BCUT2D eigenvalue weighted by molar-refractivity contribution is -0.958. The molecule has 0 saturated carbocycles. The Morgan fingerprint density at radius 1 is 1.15 bits per heavy atom. The van der Waals surface area contributed by atoms with Gasteiger partial charge in [-0.3, -0.25) is 0 Å². The van der Waals surface area contributed by atoms with E-state index in [9.17, 15) is 4.79 Å². The molecule has 1 unspecified atom stereocenters. The van der Waals surface area contributed by atoms with Crippen molar-refractivity contribution < 1.29 is 9.32 Å². The predicted molar refractivity (Wildman–Crippen MR) is 103 cm³/mol. The summed E-state index contributed by atoms with van der Waals surface area (Å²) in [5, 5.41) is 1.18. The van der Waals surface area contributed by atoms with Crippen LogP contribution in [-0.4, -0.2) is 16.1 Å². The largest absolute Gasteiger partial charge is 0.424 e. The van der Waals surface area contributed by atoms with Crippen molar-refractivity contribution in [2.75, 3.05) is 6.54 Å². The van der Waals surface area contributed by atoms with Gasteiger partial charge in [-0.25, -0.2) is 14.3 Å². The Balaban J connectivity index is 1.51. The third-order valence-electron chi connectivity index (χ3n) is 5.28. The molecule has 5 rings (SSSR count). The summed E-state index contributed by atoms with van der Waals surface area (Å²) in [6.07, 6.45) is 3.51. The van der Waals surface area contributed by atoms with Gasteiger partial charge in [0.05, 0.1) is 22.3 Å². The molecule has 6 heteroatoms. The molecule has 2 aromatic heterocycles. The van der Waals surface area contributed by atoms with Crippen molar-refractivity contribution in [3.8, 4) is 0 Å². The van der Waals surface area contributed by atoms with Gasteiger partial charge in [0, 0.05) is 6.42 Å². The number of rotatable bonds is 3. The Labute approximate surface area is 154 Å². The smallest absolute Gasteiger partial charge is 0.408 e. The Kier molecular flexibility index (Phi) is 3.87. The molecule has 1 N–H and O–H groups in total. The van der Waals surface area contributed by atoms with Crippen LogP contribution >= 0.6 is 11.3 Å². The molecule has 0 aliphatic carbocycles. The fraction of sp³-hybridized carbons (Fsp3) is 0.300. The predicted octanol–water partition coefficient (Wildman–Crippen LogP) is 2.97. The van der Waals surface area contributed by atoms with Crippen LogP contribution in [0.2, 0.25) is 0 Å². The van der Waals surface area contributed by atoms with E-state index in [1.807, 2.05) is 30.3 Å². The highest BCUT2D eigenvalue weighted by Crippen LogP contribution is 2.28. The normalized spacial score (nSPS) is 20.8. The van der Waals surface area contributed by atoms with E-state index in [4.69, 9.17) is 9.40 Å². The average molecular weight is 366 g/mol. The number of fused-ring (bicyclic) bond motifs is 2. The van der Waals surface area contributed by atoms with E-state index >= 15 is 0 Å². The van der Waals surface area contributed by atoms with Crippen molar-refractivity contribution >= 4 is 32.7 Å². The third kappa shape index (κ3) is 2.66. The first kappa shape index (κ1) is 15.8. The number of piperidine rings is 1. The van der Waals surface area contributed by atoms with E-state index < -0.39 is 0 Å². The zero-order valence-corrected chi connectivity index (χ0v) is 15.2. The molecule has 26 heavy (non-hydrogen) atoms. The minimum Gasteiger partial charge on any atom is -0.408 e. The van der Waals surface area contributed by atoms with Gasteiger partial charge in [0.25, 0.3) is 0 Å². The highest BCUT2D eigenvalue weighted by atomic mass is 32.1. The summed E-state index contributed by atoms with van der Waals surface area (Å²) < 4.78 is 8.42. The lowest BCUT2D eigenvalue weighted by atomic mass is 10.0. The van der Waals surface area contributed by atoms with Crippen molar-refractivity contribution in [2.45, 2.75) is 32.0 Å². The van der Waals surface area contributed by atoms with Crippen molar-refractivity contribution in [1.82, 2.24) is 9.55 Å². The van der Waals surface area contributed by atoms with Gasteiger partial charge in [0.15, 0.2) is 17.3 Å². The molecule has 132 valence electrons. The Morgan fingerprint density at radius 2 is 2.00 bits per heavy atom. The number of likely N-dealkylation sites (tertiary alicyclic amines) is 1. The van der Waals surface area contributed by atoms with E-state index in [-0.39, 0.29) is 5.76 Å². The molecule has 0 spiro atoms. The average Bonchev–Trinajstić information content (AvgIpc) is 3.23. The maximum Gasteiger partial charge on any atom is 0.424 e. The highest BCUT2D eigenvalue weighted by molar-refractivity contribution is 7.18. The summed E-state index contributed by atoms with van der Waals surface area (Å²) in [6, 6.07) is 16.3. The molecule has 1 aliphatic rings. The Hall–Kier alpha value is -2.44. The molecule has 0 bridgehead atoms. The number of benzene rings is 2. The van der Waals surface area contributed by atoms with E-state index in [0.29, 0.717) is 18.3 Å². The zero-order valence-electron chi connectivity index (χ0n) is 14.4. The number of thiazole rings is 1. The van der Waals surface area contributed by atoms with Gasteiger partial charge in [-0.2, -0.15) is 0 Å². The number of nitrogens with zero attached hydrogens (tertiary/aromatic N) is 2. The Bertz CT molecular complexity index is 1090. The minimum absolute atomic E-state index is 0.271. The molecule has 4 aromatic rings. The molecule has 1 fully saturated rings. The lowest BCUT2D eigenvalue weighted by Crippen LogP contribution is -3.12. The van der Waals surface area contributed by atoms with Gasteiger partial charge in [-0.1, -0.05) is 24.3 Å². The van der Waals surface area contributed by atoms with Gasteiger partial charge in [0.1, 0.15) is 6.04 Å². The molecule has 0 amide bonds. The van der Waals surface area contributed by atoms with E-state index in [0.717, 1.165) is 24.0 Å². The summed E-state index contributed by atoms with van der Waals surface area (Å²) in [5.74, 6) is -0.271. The van der Waals surface area contributed by atoms with Gasteiger partial charge in [0.2, 0.25) is 0 Å². The van der Waals surface area contributed by atoms with E-state index in [1.165, 1.54) is 27.4 Å². The summed E-state index contributed by atoms with van der Waals surface area (Å²) in [4.78, 5) is 18.6. The number of aromatic nitrogens is 2. The van der Waals surface area contributed by atoms with Gasteiger partial charge in [-0.15, -0.1) is 11.3 Å². The van der Waals surface area contributed by atoms with E-state index in [1.54, 1.807) is 15.9 Å². The lowest BCUT2D eigenvalue weighted by Gasteiger charge is -2.31. The second-order valence-corrected chi connectivity index (χ2v) is 7.96. The Morgan fingerprint density at radius 3 is 2.92 bits per heavy atom. The van der Waals surface area contributed by atoms with Crippen LogP contribution in [0.1, 0.15) is 30.3 Å². The van der Waals surface area contributed by atoms with Crippen molar-refractivity contribution in [3.63, 3.8) is 0 Å². The van der Waals surface area contributed by atoms with Crippen LogP contribution < -0.4 is 10.7 Å². The van der Waals surface area contributed by atoms with E-state index in [2.05, 4.69) is 18.2 Å². The van der Waals surface area contributed by atoms with Crippen LogP contribution in [0.3, 0.4) is 0 Å². The molecule has 2 atom stereocenters. The molecule has 1 aliphatic heterocycles. The molecule has 1 saturated heterocycles. The summed E-state index contributed by atoms with van der Waals surface area (Å²) in [5.41, 5.74) is 2.60. The quantitative estimate of drug-likeness (QED) is 0.606. The first-order valence-corrected chi connectivity index (χ1v) is 9.90. The second-order valence-electron chi connectivity index (χ2n) is 6.90. The SMILES string of the molecule is O=c1oc2ccccc2n1C[NH+]1CCCC[C@@H]1c1nc2ccccc2s1. The first-order chi connectivity index (χ1) is 12.8. The first-order valence-electron chi connectivity index (χ1n) is 9.08. The summed E-state index contributed by atoms with van der Waals surface area (Å²) in [7, 11) is 0. The van der Waals surface area contributed by atoms with Crippen LogP contribution in [0, 0.1) is 0 Å². The second kappa shape index (κ2) is 6.37. The molecule has 2 aromatic carbocycles. The van der Waals surface area contributed by atoms with Gasteiger partial charge in [-0.05, 0) is 37.1 Å². The molecular formula is C20H20N3O2S+. The number of hydrogen-bond donors (Lipinski definition) is 1. The van der Waals surface area contributed by atoms with Crippen LogP contribution in [0.5, 0.6) is 0 Å². The van der Waals surface area contributed by atoms with Crippen LogP contribution in [0.15, 0.2) is 57.7 Å². The fourth-order valence-corrected chi connectivity index (χ4v) is 5.13. The molecule has 3 heterocycles. The highest BCUT2D eigenvalue weighted by Gasteiger charge is 2.31.